The number of benzene rings is 1. The van der Waals surface area contributed by atoms with E-state index in [9.17, 15) is 8.42 Å². The van der Waals surface area contributed by atoms with E-state index in [1.54, 1.807) is 12.1 Å². The molecule has 1 aromatic rings. The minimum Gasteiger partial charge on any atom is -0.326 e. The van der Waals surface area contributed by atoms with Gasteiger partial charge < -0.3 is 5.73 Å². The van der Waals surface area contributed by atoms with Crippen LogP contribution in [0, 0.1) is 12.3 Å². The van der Waals surface area contributed by atoms with Gasteiger partial charge in [0.2, 0.25) is 10.0 Å². The summed E-state index contributed by atoms with van der Waals surface area (Å²) in [6, 6.07) is 5.27. The Morgan fingerprint density at radius 3 is 2.55 bits per heavy atom. The van der Waals surface area contributed by atoms with Crippen molar-refractivity contribution in [3.63, 3.8) is 0 Å². The minimum atomic E-state index is -3.45. The van der Waals surface area contributed by atoms with Gasteiger partial charge in [-0.3, -0.25) is 0 Å². The Balaban J connectivity index is 2.18. The van der Waals surface area contributed by atoms with Gasteiger partial charge in [0.15, 0.2) is 0 Å². The second kappa shape index (κ2) is 5.84. The van der Waals surface area contributed by atoms with Crippen LogP contribution in [0.15, 0.2) is 23.1 Å². The molecule has 0 amide bonds. The molecule has 1 aliphatic rings. The van der Waals surface area contributed by atoms with Crippen molar-refractivity contribution in [2.24, 2.45) is 11.1 Å². The summed E-state index contributed by atoms with van der Waals surface area (Å²) < 4.78 is 27.7. The Bertz CT molecular complexity index is 576. The van der Waals surface area contributed by atoms with Gasteiger partial charge in [0, 0.05) is 13.1 Å². The highest BCUT2D eigenvalue weighted by molar-refractivity contribution is 7.89. The number of rotatable bonds is 5. The van der Waals surface area contributed by atoms with Crippen molar-refractivity contribution in [3.8, 4) is 0 Å². The molecule has 112 valence electrons. The van der Waals surface area contributed by atoms with Crippen molar-refractivity contribution in [3.05, 3.63) is 29.3 Å². The van der Waals surface area contributed by atoms with Gasteiger partial charge in [-0.05, 0) is 42.4 Å². The van der Waals surface area contributed by atoms with E-state index in [2.05, 4.69) is 11.6 Å². The lowest BCUT2D eigenvalue weighted by Gasteiger charge is -2.24. The first-order valence-corrected chi connectivity index (χ1v) is 8.64. The molecule has 1 saturated carbocycles. The van der Waals surface area contributed by atoms with E-state index in [0.29, 0.717) is 18.0 Å². The van der Waals surface area contributed by atoms with E-state index in [4.69, 9.17) is 5.73 Å². The van der Waals surface area contributed by atoms with Gasteiger partial charge in [0.25, 0.3) is 0 Å². The number of nitrogens with two attached hydrogens (primary N) is 1. The molecule has 20 heavy (non-hydrogen) atoms. The lowest BCUT2D eigenvalue weighted by Crippen LogP contribution is -2.34. The Kier molecular flexibility index (Phi) is 4.52. The third-order valence-corrected chi connectivity index (χ3v) is 5.95. The highest BCUT2D eigenvalue weighted by Gasteiger charge is 2.30. The zero-order chi connectivity index (χ0) is 14.8. The normalized spacial score (nSPS) is 18.4. The monoisotopic (exact) mass is 296 g/mol. The molecule has 3 N–H and O–H groups in total. The molecule has 0 aliphatic heterocycles. The van der Waals surface area contributed by atoms with E-state index in [0.717, 1.165) is 24.0 Å². The Morgan fingerprint density at radius 2 is 1.95 bits per heavy atom. The maximum atomic E-state index is 12.5. The molecule has 0 radical (unpaired) electrons. The van der Waals surface area contributed by atoms with Gasteiger partial charge in [0.05, 0.1) is 4.90 Å². The zero-order valence-electron chi connectivity index (χ0n) is 12.3. The summed E-state index contributed by atoms with van der Waals surface area (Å²) in [6.45, 7) is 4.84. The second-order valence-electron chi connectivity index (χ2n) is 6.09. The van der Waals surface area contributed by atoms with Gasteiger partial charge in [-0.15, -0.1) is 0 Å². The van der Waals surface area contributed by atoms with Crippen molar-refractivity contribution in [1.29, 1.82) is 0 Å². The molecule has 4 nitrogen and oxygen atoms in total. The molecular weight excluding hydrogens is 272 g/mol. The van der Waals surface area contributed by atoms with Crippen LogP contribution in [0.4, 0.5) is 0 Å². The summed E-state index contributed by atoms with van der Waals surface area (Å²) >= 11 is 0. The van der Waals surface area contributed by atoms with E-state index in [-0.39, 0.29) is 5.41 Å². The summed E-state index contributed by atoms with van der Waals surface area (Å²) in [5.41, 5.74) is 7.37. The minimum absolute atomic E-state index is 0.104. The van der Waals surface area contributed by atoms with Gasteiger partial charge in [-0.25, -0.2) is 13.1 Å². The molecule has 5 heteroatoms. The van der Waals surface area contributed by atoms with Gasteiger partial charge >= 0.3 is 0 Å². The smallest absolute Gasteiger partial charge is 0.240 e. The Hall–Kier alpha value is -0.910. The number of hydrogen-bond donors (Lipinski definition) is 2. The highest BCUT2D eigenvalue weighted by Crippen LogP contribution is 2.37. The van der Waals surface area contributed by atoms with E-state index >= 15 is 0 Å². The summed E-state index contributed by atoms with van der Waals surface area (Å²) in [6.07, 6.45) is 4.58. The zero-order valence-corrected chi connectivity index (χ0v) is 13.1. The van der Waals surface area contributed by atoms with E-state index in [1.807, 2.05) is 13.0 Å². The van der Waals surface area contributed by atoms with Crippen LogP contribution in [0.1, 0.15) is 43.7 Å². The molecule has 0 atom stereocenters. The average Bonchev–Trinajstić information content (AvgIpc) is 2.84. The molecule has 0 spiro atoms. The molecule has 0 bridgehead atoms. The van der Waals surface area contributed by atoms with Crippen LogP contribution in [-0.4, -0.2) is 15.0 Å². The second-order valence-corrected chi connectivity index (χ2v) is 7.82. The predicted molar refractivity (Wildman–Crippen MR) is 80.8 cm³/mol. The molecule has 0 saturated heterocycles. The summed E-state index contributed by atoms with van der Waals surface area (Å²) in [5.74, 6) is 0. The van der Waals surface area contributed by atoms with Gasteiger partial charge in [0.1, 0.15) is 0 Å². The van der Waals surface area contributed by atoms with Crippen LogP contribution in [-0.2, 0) is 16.6 Å². The van der Waals surface area contributed by atoms with Crippen molar-refractivity contribution < 1.29 is 8.42 Å². The first kappa shape index (κ1) is 15.5. The van der Waals surface area contributed by atoms with Crippen molar-refractivity contribution in [2.45, 2.75) is 51.0 Å². The average molecular weight is 296 g/mol. The molecule has 0 heterocycles. The largest absolute Gasteiger partial charge is 0.326 e. The lowest BCUT2D eigenvalue weighted by molar-refractivity contribution is 0.336. The number of nitrogens with one attached hydrogen (secondary N) is 1. The van der Waals surface area contributed by atoms with E-state index in [1.165, 1.54) is 12.8 Å². The quantitative estimate of drug-likeness (QED) is 0.876. The van der Waals surface area contributed by atoms with Crippen molar-refractivity contribution in [1.82, 2.24) is 4.72 Å². The van der Waals surface area contributed by atoms with Crippen LogP contribution in [0.3, 0.4) is 0 Å². The molecule has 1 fully saturated rings. The van der Waals surface area contributed by atoms with Crippen molar-refractivity contribution >= 4 is 10.0 Å². The van der Waals surface area contributed by atoms with Crippen LogP contribution in [0.5, 0.6) is 0 Å². The topological polar surface area (TPSA) is 72.2 Å². The van der Waals surface area contributed by atoms with Gasteiger partial charge in [-0.1, -0.05) is 31.9 Å². The third kappa shape index (κ3) is 3.22. The SMILES string of the molecule is Cc1c(CN)cccc1S(=O)(=O)NCC1(C)CCCC1. The Labute approximate surface area is 121 Å². The molecule has 1 aromatic carbocycles. The third-order valence-electron chi connectivity index (χ3n) is 4.41. The molecule has 1 aliphatic carbocycles. The summed E-state index contributed by atoms with van der Waals surface area (Å²) in [4.78, 5) is 0.349. The fraction of sp³-hybridized carbons (Fsp3) is 0.600. The first-order chi connectivity index (χ1) is 9.38. The van der Waals surface area contributed by atoms with Crippen molar-refractivity contribution in [2.75, 3.05) is 6.54 Å². The fourth-order valence-corrected chi connectivity index (χ4v) is 4.41. The standard InChI is InChI=1S/C15H24N2O2S/c1-12-13(10-16)6-5-7-14(12)20(18,19)17-11-15(2)8-3-4-9-15/h5-7,17H,3-4,8-11,16H2,1-2H3. The predicted octanol–water partition coefficient (Wildman–Crippen LogP) is 2.31. The highest BCUT2D eigenvalue weighted by atomic mass is 32.2. The number of hydrogen-bond acceptors (Lipinski definition) is 3. The summed E-state index contributed by atoms with van der Waals surface area (Å²) in [7, 11) is -3.45. The van der Waals surface area contributed by atoms with Gasteiger partial charge in [-0.2, -0.15) is 0 Å². The van der Waals surface area contributed by atoms with Crippen LogP contribution in [0.25, 0.3) is 0 Å². The first-order valence-electron chi connectivity index (χ1n) is 7.16. The molecule has 0 aromatic heterocycles. The van der Waals surface area contributed by atoms with Crippen LogP contribution >= 0.6 is 0 Å². The molecular formula is C15H24N2O2S. The number of sulfonamides is 1. The van der Waals surface area contributed by atoms with E-state index < -0.39 is 10.0 Å². The van der Waals surface area contributed by atoms with Crippen LogP contribution < -0.4 is 10.5 Å². The van der Waals surface area contributed by atoms with Crippen LogP contribution in [0.2, 0.25) is 0 Å². The Morgan fingerprint density at radius 1 is 1.30 bits per heavy atom. The maximum Gasteiger partial charge on any atom is 0.240 e. The fourth-order valence-electron chi connectivity index (χ4n) is 2.92. The summed E-state index contributed by atoms with van der Waals surface area (Å²) in [5, 5.41) is 0. The maximum absolute atomic E-state index is 12.5. The molecule has 2 rings (SSSR count). The lowest BCUT2D eigenvalue weighted by atomic mass is 9.89. The molecule has 0 unspecified atom stereocenters.